The van der Waals surface area contributed by atoms with Gasteiger partial charge in [0.1, 0.15) is 10.7 Å². The molecule has 1 aliphatic rings. The van der Waals surface area contributed by atoms with E-state index < -0.39 is 10.0 Å². The van der Waals surface area contributed by atoms with Crippen LogP contribution >= 0.6 is 11.3 Å². The van der Waals surface area contributed by atoms with Crippen LogP contribution in [0, 0.1) is 13.8 Å². The Morgan fingerprint density at radius 3 is 2.50 bits per heavy atom. The third kappa shape index (κ3) is 4.64. The molecular weight excluding hydrogens is 420 g/mol. The van der Waals surface area contributed by atoms with Crippen molar-refractivity contribution in [1.82, 2.24) is 19.6 Å². The van der Waals surface area contributed by atoms with E-state index in [0.29, 0.717) is 17.8 Å². The topological polar surface area (TPSA) is 95.2 Å². The van der Waals surface area contributed by atoms with Gasteiger partial charge in [0.2, 0.25) is 10.0 Å². The molecule has 1 aliphatic heterocycles. The lowest BCUT2D eigenvalue weighted by atomic mass is 10.0. The van der Waals surface area contributed by atoms with Crippen molar-refractivity contribution in [2.75, 3.05) is 19.3 Å². The molecular formula is C21H26N4O3S2. The summed E-state index contributed by atoms with van der Waals surface area (Å²) in [6.07, 6.45) is 2.68. The molecule has 1 fully saturated rings. The van der Waals surface area contributed by atoms with E-state index in [9.17, 15) is 13.2 Å². The second-order valence-corrected chi connectivity index (χ2v) is 11.0. The lowest BCUT2D eigenvalue weighted by Gasteiger charge is -2.31. The van der Waals surface area contributed by atoms with Crippen molar-refractivity contribution in [2.45, 2.75) is 39.3 Å². The first kappa shape index (κ1) is 21.2. The molecule has 3 aromatic rings. The number of hydrogen-bond donors (Lipinski definition) is 2. The summed E-state index contributed by atoms with van der Waals surface area (Å²) in [5, 5.41) is 0.654. The maximum atomic E-state index is 12.9. The number of nitrogens with zero attached hydrogens (tertiary/aromatic N) is 2. The molecule has 4 rings (SSSR count). The van der Waals surface area contributed by atoms with Crippen LogP contribution in [-0.4, -0.2) is 48.7 Å². The Bertz CT molecular complexity index is 1220. The van der Waals surface area contributed by atoms with Gasteiger partial charge in [0, 0.05) is 29.6 Å². The summed E-state index contributed by atoms with van der Waals surface area (Å²) in [5.41, 5.74) is 3.07. The van der Waals surface area contributed by atoms with Crippen LogP contribution in [0.2, 0.25) is 0 Å². The third-order valence-corrected chi connectivity index (χ3v) is 7.23. The first-order valence-electron chi connectivity index (χ1n) is 9.98. The minimum atomic E-state index is -3.18. The summed E-state index contributed by atoms with van der Waals surface area (Å²) in [6, 6.07) is 8.17. The zero-order chi connectivity index (χ0) is 21.5. The van der Waals surface area contributed by atoms with E-state index in [1.165, 1.54) is 11.8 Å². The smallest absolute Gasteiger partial charge is 0.260 e. The van der Waals surface area contributed by atoms with E-state index in [1.807, 2.05) is 26.0 Å². The number of hydrogen-bond acceptors (Lipinski definition) is 6. The number of thiophene rings is 1. The molecule has 0 bridgehead atoms. The van der Waals surface area contributed by atoms with Gasteiger partial charge in [-0.3, -0.25) is 9.69 Å². The van der Waals surface area contributed by atoms with Crippen LogP contribution in [0.25, 0.3) is 21.3 Å². The quantitative estimate of drug-likeness (QED) is 0.628. The fraction of sp³-hybridized carbons (Fsp3) is 0.429. The van der Waals surface area contributed by atoms with Gasteiger partial charge in [0.05, 0.1) is 18.2 Å². The highest BCUT2D eigenvalue weighted by Gasteiger charge is 2.23. The zero-order valence-electron chi connectivity index (χ0n) is 17.4. The van der Waals surface area contributed by atoms with Crippen molar-refractivity contribution < 1.29 is 8.42 Å². The lowest BCUT2D eigenvalue weighted by Crippen LogP contribution is -2.44. The fourth-order valence-electron chi connectivity index (χ4n) is 4.03. The van der Waals surface area contributed by atoms with Crippen LogP contribution in [0.3, 0.4) is 0 Å². The predicted octanol–water partition coefficient (Wildman–Crippen LogP) is 2.78. The molecule has 0 atom stereocenters. The van der Waals surface area contributed by atoms with Crippen molar-refractivity contribution in [3.63, 3.8) is 0 Å². The zero-order valence-corrected chi connectivity index (χ0v) is 19.0. The molecule has 0 saturated carbocycles. The number of piperidine rings is 1. The van der Waals surface area contributed by atoms with Crippen LogP contribution in [-0.2, 0) is 16.6 Å². The number of benzene rings is 1. The summed E-state index contributed by atoms with van der Waals surface area (Å²) < 4.78 is 25.5. The van der Waals surface area contributed by atoms with Crippen LogP contribution < -0.4 is 10.3 Å². The number of aryl methyl sites for hydroxylation is 2. The molecule has 1 saturated heterocycles. The van der Waals surface area contributed by atoms with E-state index in [0.717, 1.165) is 46.8 Å². The number of aromatic amines is 1. The van der Waals surface area contributed by atoms with Crippen molar-refractivity contribution in [3.8, 4) is 11.1 Å². The molecule has 0 amide bonds. The first-order valence-corrected chi connectivity index (χ1v) is 12.7. The van der Waals surface area contributed by atoms with Gasteiger partial charge in [-0.15, -0.1) is 11.3 Å². The molecule has 3 heterocycles. The molecule has 0 unspecified atom stereocenters. The van der Waals surface area contributed by atoms with Gasteiger partial charge >= 0.3 is 0 Å². The number of H-pyrrole nitrogens is 1. The van der Waals surface area contributed by atoms with Gasteiger partial charge in [-0.2, -0.15) is 0 Å². The highest BCUT2D eigenvalue weighted by Crippen LogP contribution is 2.35. The van der Waals surface area contributed by atoms with Gasteiger partial charge in [-0.1, -0.05) is 29.8 Å². The lowest BCUT2D eigenvalue weighted by molar-refractivity contribution is 0.196. The highest BCUT2D eigenvalue weighted by molar-refractivity contribution is 7.88. The number of sulfonamides is 1. The second kappa shape index (κ2) is 8.22. The SMILES string of the molecule is Cc1ccc(-c2c(C)sc3nc(CN4CCC(NS(C)(=O)=O)CC4)[nH]c(=O)c23)cc1. The summed E-state index contributed by atoms with van der Waals surface area (Å²) in [7, 11) is -3.18. The minimum Gasteiger partial charge on any atom is -0.309 e. The summed E-state index contributed by atoms with van der Waals surface area (Å²) >= 11 is 1.55. The number of likely N-dealkylation sites (tertiary alicyclic amines) is 1. The Labute approximate surface area is 180 Å². The van der Waals surface area contributed by atoms with Crippen LogP contribution in [0.5, 0.6) is 0 Å². The third-order valence-electron chi connectivity index (χ3n) is 5.47. The summed E-state index contributed by atoms with van der Waals surface area (Å²) in [5.74, 6) is 0.652. The molecule has 2 N–H and O–H groups in total. The standard InChI is InChI=1S/C21H26N4O3S2/c1-13-4-6-15(7-5-13)18-14(2)29-21-19(18)20(26)22-17(23-21)12-25-10-8-16(9-11-25)24-30(3,27)28/h4-7,16,24H,8-12H2,1-3H3,(H,22,23,26). The molecule has 0 aliphatic carbocycles. The Hall–Kier alpha value is -2.07. The molecule has 7 nitrogen and oxygen atoms in total. The number of aromatic nitrogens is 2. The Morgan fingerprint density at radius 1 is 1.20 bits per heavy atom. The van der Waals surface area contributed by atoms with Gasteiger partial charge in [-0.25, -0.2) is 18.1 Å². The van der Waals surface area contributed by atoms with E-state index in [-0.39, 0.29) is 11.6 Å². The highest BCUT2D eigenvalue weighted by atomic mass is 32.2. The minimum absolute atomic E-state index is 0.0252. The normalized spacial score (nSPS) is 16.4. The number of rotatable bonds is 5. The first-order chi connectivity index (χ1) is 14.2. The number of nitrogens with one attached hydrogen (secondary N) is 2. The largest absolute Gasteiger partial charge is 0.309 e. The monoisotopic (exact) mass is 446 g/mol. The predicted molar refractivity (Wildman–Crippen MR) is 121 cm³/mol. The molecule has 2 aromatic heterocycles. The van der Waals surface area contributed by atoms with Crippen molar-refractivity contribution in [3.05, 3.63) is 50.9 Å². The Morgan fingerprint density at radius 2 is 1.87 bits per heavy atom. The molecule has 0 radical (unpaired) electrons. The second-order valence-electron chi connectivity index (χ2n) is 8.03. The van der Waals surface area contributed by atoms with Crippen LogP contribution in [0.1, 0.15) is 29.1 Å². The number of fused-ring (bicyclic) bond motifs is 1. The maximum absolute atomic E-state index is 12.9. The maximum Gasteiger partial charge on any atom is 0.260 e. The van der Waals surface area contributed by atoms with E-state index in [2.05, 4.69) is 26.7 Å². The van der Waals surface area contributed by atoms with E-state index in [1.54, 1.807) is 11.3 Å². The summed E-state index contributed by atoms with van der Waals surface area (Å²) in [6.45, 7) is 6.14. The summed E-state index contributed by atoms with van der Waals surface area (Å²) in [4.78, 5) is 24.7. The molecule has 30 heavy (non-hydrogen) atoms. The van der Waals surface area contributed by atoms with Gasteiger partial charge in [-0.05, 0) is 32.3 Å². The van der Waals surface area contributed by atoms with Crippen molar-refractivity contribution >= 4 is 31.6 Å². The fourth-order valence-corrected chi connectivity index (χ4v) is 5.94. The van der Waals surface area contributed by atoms with Gasteiger partial charge < -0.3 is 4.98 Å². The average Bonchev–Trinajstić information content (AvgIpc) is 2.99. The van der Waals surface area contributed by atoms with Crippen molar-refractivity contribution in [2.24, 2.45) is 0 Å². The Kier molecular flexibility index (Phi) is 5.80. The van der Waals surface area contributed by atoms with Gasteiger partial charge in [0.15, 0.2) is 0 Å². The average molecular weight is 447 g/mol. The van der Waals surface area contributed by atoms with E-state index in [4.69, 9.17) is 4.98 Å². The molecule has 160 valence electrons. The molecule has 0 spiro atoms. The van der Waals surface area contributed by atoms with Crippen LogP contribution in [0.15, 0.2) is 29.1 Å². The van der Waals surface area contributed by atoms with Crippen LogP contribution in [0.4, 0.5) is 0 Å². The van der Waals surface area contributed by atoms with E-state index >= 15 is 0 Å². The van der Waals surface area contributed by atoms with Crippen molar-refractivity contribution in [1.29, 1.82) is 0 Å². The Balaban J connectivity index is 1.55. The molecule has 9 heteroatoms. The van der Waals surface area contributed by atoms with Gasteiger partial charge in [0.25, 0.3) is 5.56 Å². The molecule has 1 aromatic carbocycles.